The SMILES string of the molecule is Fc1ccc2c(-c3nnc(-c4c[nH]c5cc(F)ccc45)o3)c[nH]c2c1. The molecule has 0 amide bonds. The largest absolute Gasteiger partial charge is 0.416 e. The fourth-order valence-electron chi connectivity index (χ4n) is 2.99. The summed E-state index contributed by atoms with van der Waals surface area (Å²) >= 11 is 0. The summed E-state index contributed by atoms with van der Waals surface area (Å²) in [7, 11) is 0. The maximum absolute atomic E-state index is 13.3. The molecule has 3 aromatic heterocycles. The van der Waals surface area contributed by atoms with E-state index in [1.54, 1.807) is 24.5 Å². The summed E-state index contributed by atoms with van der Waals surface area (Å²) in [4.78, 5) is 5.98. The summed E-state index contributed by atoms with van der Waals surface area (Å²) in [6.45, 7) is 0. The number of halogens is 2. The molecule has 0 aliphatic carbocycles. The van der Waals surface area contributed by atoms with Gasteiger partial charge in [-0.1, -0.05) is 0 Å². The third kappa shape index (κ3) is 2.13. The van der Waals surface area contributed by atoms with E-state index in [9.17, 15) is 8.78 Å². The fourth-order valence-corrected chi connectivity index (χ4v) is 2.99. The van der Waals surface area contributed by atoms with Gasteiger partial charge in [-0.2, -0.15) is 0 Å². The number of nitrogens with one attached hydrogen (secondary N) is 2. The lowest BCUT2D eigenvalue weighted by atomic mass is 10.1. The predicted molar refractivity (Wildman–Crippen MR) is 88.8 cm³/mol. The molecule has 0 unspecified atom stereocenters. The number of nitrogens with zero attached hydrogens (tertiary/aromatic N) is 2. The van der Waals surface area contributed by atoms with Gasteiger partial charge < -0.3 is 14.4 Å². The van der Waals surface area contributed by atoms with Crippen molar-refractivity contribution in [3.8, 4) is 22.9 Å². The molecule has 122 valence electrons. The Morgan fingerprint density at radius 1 is 0.720 bits per heavy atom. The van der Waals surface area contributed by atoms with Crippen LogP contribution >= 0.6 is 0 Å². The molecule has 5 rings (SSSR count). The number of hydrogen-bond acceptors (Lipinski definition) is 3. The number of H-pyrrole nitrogens is 2. The van der Waals surface area contributed by atoms with E-state index in [2.05, 4.69) is 20.2 Å². The average molecular weight is 336 g/mol. The van der Waals surface area contributed by atoms with E-state index >= 15 is 0 Å². The molecule has 25 heavy (non-hydrogen) atoms. The van der Waals surface area contributed by atoms with E-state index in [4.69, 9.17) is 4.42 Å². The second-order valence-corrected chi connectivity index (χ2v) is 5.70. The van der Waals surface area contributed by atoms with Crippen LogP contribution in [0.4, 0.5) is 8.78 Å². The Balaban J connectivity index is 1.62. The Bertz CT molecular complexity index is 1140. The van der Waals surface area contributed by atoms with Gasteiger partial charge in [0.2, 0.25) is 11.8 Å². The number of hydrogen-bond donors (Lipinski definition) is 2. The molecule has 0 spiro atoms. The van der Waals surface area contributed by atoms with E-state index < -0.39 is 0 Å². The van der Waals surface area contributed by atoms with E-state index in [1.165, 1.54) is 24.3 Å². The highest BCUT2D eigenvalue weighted by atomic mass is 19.1. The summed E-state index contributed by atoms with van der Waals surface area (Å²) in [6, 6.07) is 8.90. The molecule has 5 aromatic rings. The minimum absolute atomic E-state index is 0.321. The van der Waals surface area contributed by atoms with Gasteiger partial charge in [0, 0.05) is 34.2 Å². The third-order valence-corrected chi connectivity index (χ3v) is 4.17. The highest BCUT2D eigenvalue weighted by Gasteiger charge is 2.17. The molecule has 3 heterocycles. The first kappa shape index (κ1) is 13.9. The van der Waals surface area contributed by atoms with Crippen molar-refractivity contribution in [1.82, 2.24) is 20.2 Å². The third-order valence-electron chi connectivity index (χ3n) is 4.17. The van der Waals surface area contributed by atoms with Gasteiger partial charge in [-0.3, -0.25) is 0 Å². The smallest absolute Gasteiger partial charge is 0.250 e. The van der Waals surface area contributed by atoms with Crippen LogP contribution in [0.15, 0.2) is 53.2 Å². The quantitative estimate of drug-likeness (QED) is 0.493. The van der Waals surface area contributed by atoms with Gasteiger partial charge in [-0.05, 0) is 36.4 Å². The number of aromatic amines is 2. The first-order chi connectivity index (χ1) is 12.2. The van der Waals surface area contributed by atoms with Crippen LogP contribution in [-0.4, -0.2) is 20.2 Å². The first-order valence-electron chi connectivity index (χ1n) is 7.56. The highest BCUT2D eigenvalue weighted by Crippen LogP contribution is 2.32. The van der Waals surface area contributed by atoms with Gasteiger partial charge >= 0.3 is 0 Å². The molecule has 7 heteroatoms. The molecule has 0 saturated carbocycles. The van der Waals surface area contributed by atoms with Crippen molar-refractivity contribution in [1.29, 1.82) is 0 Å². The summed E-state index contributed by atoms with van der Waals surface area (Å²) in [5.74, 6) is 0.00456. The van der Waals surface area contributed by atoms with Crippen molar-refractivity contribution in [2.24, 2.45) is 0 Å². The zero-order chi connectivity index (χ0) is 17.0. The van der Waals surface area contributed by atoms with Gasteiger partial charge in [0.05, 0.1) is 11.1 Å². The van der Waals surface area contributed by atoms with Gasteiger partial charge in [0.15, 0.2) is 0 Å². The van der Waals surface area contributed by atoms with Crippen LogP contribution in [0.5, 0.6) is 0 Å². The minimum atomic E-state index is -0.321. The molecular formula is C18H10F2N4O. The number of benzene rings is 2. The van der Waals surface area contributed by atoms with E-state index in [1.807, 2.05) is 0 Å². The molecule has 0 aliphatic rings. The van der Waals surface area contributed by atoms with E-state index in [0.717, 1.165) is 10.8 Å². The van der Waals surface area contributed by atoms with Gasteiger partial charge in [0.25, 0.3) is 0 Å². The summed E-state index contributed by atoms with van der Waals surface area (Å²) in [5.41, 5.74) is 2.69. The second-order valence-electron chi connectivity index (χ2n) is 5.70. The topological polar surface area (TPSA) is 70.5 Å². The molecule has 2 N–H and O–H groups in total. The lowest BCUT2D eigenvalue weighted by molar-refractivity contribution is 0.586. The van der Waals surface area contributed by atoms with Crippen molar-refractivity contribution in [2.45, 2.75) is 0 Å². The summed E-state index contributed by atoms with van der Waals surface area (Å²) in [5, 5.41) is 9.77. The van der Waals surface area contributed by atoms with Crippen LogP contribution in [0.25, 0.3) is 44.7 Å². The fraction of sp³-hybridized carbons (Fsp3) is 0. The van der Waals surface area contributed by atoms with Crippen LogP contribution in [0, 0.1) is 11.6 Å². The monoisotopic (exact) mass is 336 g/mol. The molecule has 0 aliphatic heterocycles. The Morgan fingerprint density at radius 3 is 1.68 bits per heavy atom. The Kier molecular flexibility index (Phi) is 2.79. The number of fused-ring (bicyclic) bond motifs is 2. The Morgan fingerprint density at radius 2 is 1.20 bits per heavy atom. The molecule has 0 saturated heterocycles. The molecule has 5 nitrogen and oxygen atoms in total. The van der Waals surface area contributed by atoms with Gasteiger partial charge in [-0.15, -0.1) is 10.2 Å². The van der Waals surface area contributed by atoms with Gasteiger partial charge in [0.1, 0.15) is 11.6 Å². The summed E-state index contributed by atoms with van der Waals surface area (Å²) < 4.78 is 32.4. The van der Waals surface area contributed by atoms with Crippen LogP contribution in [0.2, 0.25) is 0 Å². The lowest BCUT2D eigenvalue weighted by Crippen LogP contribution is -1.77. The van der Waals surface area contributed by atoms with Crippen LogP contribution in [0.1, 0.15) is 0 Å². The first-order valence-corrected chi connectivity index (χ1v) is 7.56. The van der Waals surface area contributed by atoms with Crippen molar-refractivity contribution in [3.05, 3.63) is 60.4 Å². The average Bonchev–Trinajstić information content (AvgIpc) is 3.30. The molecule has 2 aromatic carbocycles. The van der Waals surface area contributed by atoms with Crippen molar-refractivity contribution in [2.75, 3.05) is 0 Å². The molecule has 0 radical (unpaired) electrons. The Hall–Kier alpha value is -3.48. The van der Waals surface area contributed by atoms with Crippen LogP contribution < -0.4 is 0 Å². The molecule has 0 bridgehead atoms. The zero-order valence-corrected chi connectivity index (χ0v) is 12.7. The number of aromatic nitrogens is 4. The van der Waals surface area contributed by atoms with Crippen LogP contribution in [0.3, 0.4) is 0 Å². The maximum Gasteiger partial charge on any atom is 0.250 e. The van der Waals surface area contributed by atoms with Crippen LogP contribution in [-0.2, 0) is 0 Å². The molecule has 0 fully saturated rings. The number of rotatable bonds is 2. The van der Waals surface area contributed by atoms with E-state index in [-0.39, 0.29) is 11.6 Å². The lowest BCUT2D eigenvalue weighted by Gasteiger charge is -1.94. The van der Waals surface area contributed by atoms with E-state index in [0.29, 0.717) is 33.9 Å². The van der Waals surface area contributed by atoms with Crippen molar-refractivity contribution < 1.29 is 13.2 Å². The Labute approximate surface area is 139 Å². The summed E-state index contributed by atoms with van der Waals surface area (Å²) in [6.07, 6.45) is 3.40. The standard InChI is InChI=1S/C18H10F2N4O/c19-9-1-3-11-13(7-21-15(11)5-9)17-23-24-18(25-17)14-8-22-16-6-10(20)2-4-12(14)16/h1-8,21-22H. The van der Waals surface area contributed by atoms with Gasteiger partial charge in [-0.25, -0.2) is 8.78 Å². The maximum atomic E-state index is 13.3. The molecular weight excluding hydrogens is 326 g/mol. The second kappa shape index (κ2) is 5.01. The van der Waals surface area contributed by atoms with Crippen molar-refractivity contribution >= 4 is 21.8 Å². The highest BCUT2D eigenvalue weighted by molar-refractivity contribution is 5.95. The minimum Gasteiger partial charge on any atom is -0.416 e. The van der Waals surface area contributed by atoms with Crippen molar-refractivity contribution in [3.63, 3.8) is 0 Å². The zero-order valence-electron chi connectivity index (χ0n) is 12.7. The molecule has 0 atom stereocenters. The predicted octanol–water partition coefficient (Wildman–Crippen LogP) is 4.64. The normalized spacial score (nSPS) is 11.6.